The fourth-order valence-corrected chi connectivity index (χ4v) is 3.07. The van der Waals surface area contributed by atoms with Crippen LogP contribution in [0.4, 0.5) is 4.39 Å². The Kier molecular flexibility index (Phi) is 12.3. The van der Waals surface area contributed by atoms with E-state index in [2.05, 4.69) is 20.9 Å². The van der Waals surface area contributed by atoms with Gasteiger partial charge in [-0.25, -0.2) is 4.39 Å². The van der Waals surface area contributed by atoms with Crippen LogP contribution in [0, 0.1) is 5.82 Å². The van der Waals surface area contributed by atoms with Gasteiger partial charge in [0.2, 0.25) is 0 Å². The Morgan fingerprint density at radius 1 is 1.21 bits per heavy atom. The molecule has 2 aromatic rings. The highest BCUT2D eigenvalue weighted by Crippen LogP contribution is 2.14. The number of hydrogen-bond donors (Lipinski definition) is 3. The average Bonchev–Trinajstić information content (AvgIpc) is 3.23. The predicted molar refractivity (Wildman–Crippen MR) is 127 cm³/mol. The number of amides is 1. The van der Waals surface area contributed by atoms with Crippen LogP contribution in [0.25, 0.3) is 0 Å². The Morgan fingerprint density at radius 2 is 2.00 bits per heavy atom. The van der Waals surface area contributed by atoms with E-state index < -0.39 is 0 Å². The van der Waals surface area contributed by atoms with Crippen LogP contribution in [0.3, 0.4) is 0 Å². The summed E-state index contributed by atoms with van der Waals surface area (Å²) in [4.78, 5) is 16.7. The van der Waals surface area contributed by atoms with Gasteiger partial charge in [0.25, 0.3) is 5.91 Å². The number of nitrogens with one attached hydrogen (secondary N) is 3. The number of rotatable bonds is 10. The highest BCUT2D eigenvalue weighted by atomic mass is 127. The molecule has 2 rings (SSSR count). The lowest BCUT2D eigenvalue weighted by Crippen LogP contribution is -2.43. The molecule has 0 radical (unpaired) electrons. The number of nitrogens with zero attached hydrogens (tertiary/aromatic N) is 1. The molecular formula is C20H28FIN4O2S. The predicted octanol–water partition coefficient (Wildman–Crippen LogP) is 3.65. The van der Waals surface area contributed by atoms with E-state index in [9.17, 15) is 9.18 Å². The monoisotopic (exact) mass is 534 g/mol. The maximum Gasteiger partial charge on any atom is 0.261 e. The fourth-order valence-electron chi connectivity index (χ4n) is 2.43. The van der Waals surface area contributed by atoms with E-state index in [4.69, 9.17) is 4.74 Å². The summed E-state index contributed by atoms with van der Waals surface area (Å²) in [5, 5.41) is 11.2. The van der Waals surface area contributed by atoms with Crippen LogP contribution in [0.1, 0.15) is 29.4 Å². The van der Waals surface area contributed by atoms with Crippen molar-refractivity contribution in [2.75, 3.05) is 26.7 Å². The Labute approximate surface area is 192 Å². The third kappa shape index (κ3) is 9.44. The van der Waals surface area contributed by atoms with Crippen LogP contribution < -0.4 is 20.7 Å². The van der Waals surface area contributed by atoms with Gasteiger partial charge >= 0.3 is 0 Å². The maximum atomic E-state index is 13.3. The Bertz CT molecular complexity index is 759. The number of ether oxygens (including phenoxy) is 1. The molecule has 6 nitrogen and oxygen atoms in total. The standard InChI is InChI=1S/C20H27FN4O2S.HI/c1-3-16(27-17-8-4-7-15(21)13-17)14-25-20(22-2)24-11-6-10-23-19(26)18-9-5-12-28-18;/h4-5,7-9,12-13,16H,3,6,10-11,14H2,1-2H3,(H,23,26)(H2,22,24,25);1H. The van der Waals surface area contributed by atoms with Crippen molar-refractivity contribution >= 4 is 47.2 Å². The summed E-state index contributed by atoms with van der Waals surface area (Å²) < 4.78 is 19.1. The van der Waals surface area contributed by atoms with Gasteiger partial charge in [0.15, 0.2) is 5.96 Å². The number of carbonyl (C=O) groups excluding carboxylic acids is 1. The number of aliphatic imine (C=N–C) groups is 1. The second kappa shape index (κ2) is 14.2. The summed E-state index contributed by atoms with van der Waals surface area (Å²) in [7, 11) is 1.70. The van der Waals surface area contributed by atoms with Gasteiger partial charge < -0.3 is 20.7 Å². The molecule has 1 heterocycles. The number of benzene rings is 1. The summed E-state index contributed by atoms with van der Waals surface area (Å²) in [6, 6.07) is 9.80. The van der Waals surface area contributed by atoms with Gasteiger partial charge in [-0.15, -0.1) is 35.3 Å². The van der Waals surface area contributed by atoms with Crippen LogP contribution in [0.2, 0.25) is 0 Å². The lowest BCUT2D eigenvalue weighted by atomic mass is 10.2. The molecule has 1 amide bonds. The zero-order valence-corrected chi connectivity index (χ0v) is 19.8. The van der Waals surface area contributed by atoms with Crippen molar-refractivity contribution in [3.05, 3.63) is 52.5 Å². The zero-order valence-electron chi connectivity index (χ0n) is 16.6. The number of carbonyl (C=O) groups is 1. The first-order chi connectivity index (χ1) is 13.6. The van der Waals surface area contributed by atoms with Gasteiger partial charge in [0.1, 0.15) is 17.7 Å². The molecule has 29 heavy (non-hydrogen) atoms. The van der Waals surface area contributed by atoms with Crippen molar-refractivity contribution in [1.82, 2.24) is 16.0 Å². The van der Waals surface area contributed by atoms with Crippen molar-refractivity contribution < 1.29 is 13.9 Å². The second-order valence-corrected chi connectivity index (χ2v) is 7.02. The quantitative estimate of drug-likeness (QED) is 0.188. The number of halogens is 2. The van der Waals surface area contributed by atoms with E-state index in [1.54, 1.807) is 25.2 Å². The molecule has 1 unspecified atom stereocenters. The maximum absolute atomic E-state index is 13.3. The summed E-state index contributed by atoms with van der Waals surface area (Å²) >= 11 is 1.43. The molecule has 1 aromatic carbocycles. The SMILES string of the molecule is CCC(CNC(=NC)NCCCNC(=O)c1cccs1)Oc1cccc(F)c1.I. The molecule has 0 aliphatic heterocycles. The van der Waals surface area contributed by atoms with E-state index >= 15 is 0 Å². The molecule has 0 saturated heterocycles. The molecule has 0 aliphatic carbocycles. The van der Waals surface area contributed by atoms with Gasteiger partial charge in [-0.1, -0.05) is 19.1 Å². The summed E-state index contributed by atoms with van der Waals surface area (Å²) in [6.07, 6.45) is 1.44. The van der Waals surface area contributed by atoms with Crippen molar-refractivity contribution in [1.29, 1.82) is 0 Å². The molecular weight excluding hydrogens is 506 g/mol. The molecule has 0 fully saturated rings. The first-order valence-corrected chi connectivity index (χ1v) is 10.2. The molecule has 3 N–H and O–H groups in total. The molecule has 9 heteroatoms. The van der Waals surface area contributed by atoms with Gasteiger partial charge in [-0.3, -0.25) is 9.79 Å². The van der Waals surface area contributed by atoms with Gasteiger partial charge in [0, 0.05) is 26.2 Å². The molecule has 1 aromatic heterocycles. The Balaban J connectivity index is 0.00000420. The van der Waals surface area contributed by atoms with Crippen LogP contribution in [0.15, 0.2) is 46.8 Å². The minimum Gasteiger partial charge on any atom is -0.489 e. The van der Waals surface area contributed by atoms with E-state index in [1.165, 1.54) is 23.5 Å². The van der Waals surface area contributed by atoms with Crippen LogP contribution in [-0.2, 0) is 0 Å². The zero-order chi connectivity index (χ0) is 20.2. The first-order valence-electron chi connectivity index (χ1n) is 9.30. The third-order valence-electron chi connectivity index (χ3n) is 3.95. The molecule has 0 bridgehead atoms. The topological polar surface area (TPSA) is 74.8 Å². The van der Waals surface area contributed by atoms with E-state index in [1.807, 2.05) is 18.4 Å². The largest absolute Gasteiger partial charge is 0.489 e. The number of thiophene rings is 1. The van der Waals surface area contributed by atoms with Crippen LogP contribution >= 0.6 is 35.3 Å². The molecule has 0 spiro atoms. The van der Waals surface area contributed by atoms with Crippen molar-refractivity contribution in [3.63, 3.8) is 0 Å². The summed E-state index contributed by atoms with van der Waals surface area (Å²) in [5.41, 5.74) is 0. The third-order valence-corrected chi connectivity index (χ3v) is 4.82. The first kappa shape index (κ1) is 25.2. The second-order valence-electron chi connectivity index (χ2n) is 6.07. The number of hydrogen-bond acceptors (Lipinski definition) is 4. The van der Waals surface area contributed by atoms with Gasteiger partial charge in [0.05, 0.1) is 11.4 Å². The normalized spacial score (nSPS) is 11.9. The van der Waals surface area contributed by atoms with Crippen LogP contribution in [-0.4, -0.2) is 44.7 Å². The lowest BCUT2D eigenvalue weighted by molar-refractivity contribution is 0.0957. The summed E-state index contributed by atoms with van der Waals surface area (Å²) in [6.45, 7) is 3.81. The fraction of sp³-hybridized carbons (Fsp3) is 0.400. The summed E-state index contributed by atoms with van der Waals surface area (Å²) in [5.74, 6) is 0.811. The highest BCUT2D eigenvalue weighted by molar-refractivity contribution is 14.0. The Hall–Kier alpha value is -1.88. The Morgan fingerprint density at radius 3 is 2.66 bits per heavy atom. The van der Waals surface area contributed by atoms with E-state index in [-0.39, 0.29) is 41.8 Å². The molecule has 0 aliphatic rings. The van der Waals surface area contributed by atoms with E-state index in [0.29, 0.717) is 36.2 Å². The minimum absolute atomic E-state index is 0. The average molecular weight is 534 g/mol. The van der Waals surface area contributed by atoms with Gasteiger partial charge in [-0.2, -0.15) is 0 Å². The highest BCUT2D eigenvalue weighted by Gasteiger charge is 2.10. The number of guanidine groups is 1. The smallest absolute Gasteiger partial charge is 0.261 e. The molecule has 160 valence electrons. The van der Waals surface area contributed by atoms with Crippen LogP contribution in [0.5, 0.6) is 5.75 Å². The lowest BCUT2D eigenvalue weighted by Gasteiger charge is -2.20. The van der Waals surface area contributed by atoms with E-state index in [0.717, 1.165) is 12.8 Å². The molecule has 0 saturated carbocycles. The minimum atomic E-state index is -0.316. The van der Waals surface area contributed by atoms with Crippen molar-refractivity contribution in [2.24, 2.45) is 4.99 Å². The van der Waals surface area contributed by atoms with Gasteiger partial charge in [-0.05, 0) is 36.4 Å². The molecule has 1 atom stereocenters. The van der Waals surface area contributed by atoms with Crippen molar-refractivity contribution in [3.8, 4) is 5.75 Å². The van der Waals surface area contributed by atoms with Crippen molar-refractivity contribution in [2.45, 2.75) is 25.9 Å².